The molecule has 0 radical (unpaired) electrons. The van der Waals surface area contributed by atoms with E-state index < -0.39 is 6.04 Å². The third-order valence-electron chi connectivity index (χ3n) is 2.48. The van der Waals surface area contributed by atoms with Gasteiger partial charge in [-0.15, -0.1) is 0 Å². The smallest absolute Gasteiger partial charge is 0.243 e. The number of nitrogens with two attached hydrogens (primary N) is 1. The molecule has 1 rings (SSSR count). The van der Waals surface area contributed by atoms with Crippen molar-refractivity contribution in [2.75, 3.05) is 11.4 Å². The Morgan fingerprint density at radius 1 is 1.50 bits per heavy atom. The number of hydrogen-bond acceptors (Lipinski definition) is 3. The van der Waals surface area contributed by atoms with E-state index in [4.69, 9.17) is 5.73 Å². The second kappa shape index (κ2) is 5.51. The van der Waals surface area contributed by atoms with E-state index >= 15 is 0 Å². The van der Waals surface area contributed by atoms with Crippen LogP contribution in [0, 0.1) is 0 Å². The number of nitrogens with zero attached hydrogens (tertiary/aromatic N) is 1. The summed E-state index contributed by atoms with van der Waals surface area (Å²) in [5.74, 6) is 0.0319. The Kier molecular flexibility index (Phi) is 4.31. The molecular weight excluding hydrogens is 204 g/mol. The van der Waals surface area contributed by atoms with Gasteiger partial charge in [0.05, 0.1) is 6.04 Å². The topological polar surface area (TPSA) is 66.6 Å². The predicted octanol–water partition coefficient (Wildman–Crippen LogP) is 1.48. The summed E-state index contributed by atoms with van der Waals surface area (Å²) in [4.78, 5) is 13.5. The second-order valence-electron chi connectivity index (χ2n) is 3.62. The van der Waals surface area contributed by atoms with Gasteiger partial charge in [0.15, 0.2) is 0 Å². The number of hydrogen-bond donors (Lipinski definition) is 2. The molecule has 4 heteroatoms. The molecular formula is C12H18N2O2. The molecule has 16 heavy (non-hydrogen) atoms. The maximum absolute atomic E-state index is 11.9. The highest BCUT2D eigenvalue weighted by atomic mass is 16.3. The lowest BCUT2D eigenvalue weighted by atomic mass is 10.2. The summed E-state index contributed by atoms with van der Waals surface area (Å²) < 4.78 is 0. The number of carbonyl (C=O) groups excluding carboxylic acids is 1. The molecule has 0 saturated carbocycles. The third-order valence-corrected chi connectivity index (χ3v) is 2.48. The van der Waals surface area contributed by atoms with Crippen molar-refractivity contribution in [1.82, 2.24) is 0 Å². The minimum atomic E-state index is -0.484. The highest BCUT2D eigenvalue weighted by molar-refractivity contribution is 5.97. The third kappa shape index (κ3) is 2.73. The summed E-state index contributed by atoms with van der Waals surface area (Å²) in [5.41, 5.74) is 6.39. The van der Waals surface area contributed by atoms with Crippen molar-refractivity contribution in [2.45, 2.75) is 26.3 Å². The molecule has 1 amide bonds. The van der Waals surface area contributed by atoms with E-state index in [0.29, 0.717) is 18.7 Å². The largest absolute Gasteiger partial charge is 0.508 e. The van der Waals surface area contributed by atoms with Crippen LogP contribution in [0.5, 0.6) is 5.75 Å². The first-order valence-electron chi connectivity index (χ1n) is 5.46. The van der Waals surface area contributed by atoms with Crippen molar-refractivity contribution in [3.63, 3.8) is 0 Å². The van der Waals surface area contributed by atoms with Gasteiger partial charge in [-0.1, -0.05) is 13.0 Å². The zero-order chi connectivity index (χ0) is 12.1. The predicted molar refractivity (Wildman–Crippen MR) is 64.4 cm³/mol. The van der Waals surface area contributed by atoms with Crippen LogP contribution in [0.25, 0.3) is 0 Å². The molecule has 0 aliphatic heterocycles. The van der Waals surface area contributed by atoms with E-state index in [2.05, 4.69) is 0 Å². The molecule has 0 saturated heterocycles. The Morgan fingerprint density at radius 3 is 2.69 bits per heavy atom. The van der Waals surface area contributed by atoms with Gasteiger partial charge in [0, 0.05) is 18.3 Å². The van der Waals surface area contributed by atoms with Crippen molar-refractivity contribution in [1.29, 1.82) is 0 Å². The number of phenolic OH excluding ortho intramolecular Hbond substituents is 1. The van der Waals surface area contributed by atoms with Crippen LogP contribution in [0.4, 0.5) is 5.69 Å². The zero-order valence-corrected chi connectivity index (χ0v) is 9.68. The van der Waals surface area contributed by atoms with Crippen molar-refractivity contribution < 1.29 is 9.90 Å². The first-order chi connectivity index (χ1) is 7.60. The van der Waals surface area contributed by atoms with Crippen LogP contribution in [0.15, 0.2) is 24.3 Å². The lowest BCUT2D eigenvalue weighted by Gasteiger charge is -2.24. The molecule has 3 N–H and O–H groups in total. The fraction of sp³-hybridized carbons (Fsp3) is 0.417. The van der Waals surface area contributed by atoms with Gasteiger partial charge in [0.1, 0.15) is 5.75 Å². The monoisotopic (exact) mass is 222 g/mol. The second-order valence-corrected chi connectivity index (χ2v) is 3.62. The molecule has 0 bridgehead atoms. The van der Waals surface area contributed by atoms with E-state index in [0.717, 1.165) is 0 Å². The molecule has 0 aliphatic carbocycles. The Bertz CT molecular complexity index is 366. The van der Waals surface area contributed by atoms with Crippen LogP contribution in [-0.2, 0) is 4.79 Å². The van der Waals surface area contributed by atoms with E-state index in [1.807, 2.05) is 13.8 Å². The Morgan fingerprint density at radius 2 is 2.19 bits per heavy atom. The highest BCUT2D eigenvalue weighted by Gasteiger charge is 2.19. The molecule has 1 atom stereocenters. The van der Waals surface area contributed by atoms with Gasteiger partial charge in [-0.25, -0.2) is 0 Å². The van der Waals surface area contributed by atoms with Gasteiger partial charge in [0.25, 0.3) is 0 Å². The minimum absolute atomic E-state index is 0.115. The molecule has 0 fully saturated rings. The van der Waals surface area contributed by atoms with E-state index in [9.17, 15) is 9.90 Å². The SMILES string of the molecule is CC[C@H](N)C(=O)N(CC)c1cccc(O)c1. The van der Waals surface area contributed by atoms with Gasteiger partial charge in [-0.3, -0.25) is 4.79 Å². The number of likely N-dealkylation sites (N-methyl/N-ethyl adjacent to an activating group) is 1. The molecule has 1 aromatic carbocycles. The van der Waals surface area contributed by atoms with Crippen LogP contribution in [-0.4, -0.2) is 23.6 Å². The van der Waals surface area contributed by atoms with E-state index in [1.165, 1.54) is 0 Å². The van der Waals surface area contributed by atoms with Crippen LogP contribution in [0.1, 0.15) is 20.3 Å². The van der Waals surface area contributed by atoms with Crippen LogP contribution < -0.4 is 10.6 Å². The highest BCUT2D eigenvalue weighted by Crippen LogP contribution is 2.20. The molecule has 0 unspecified atom stereocenters. The van der Waals surface area contributed by atoms with Crippen LogP contribution in [0.3, 0.4) is 0 Å². The first kappa shape index (κ1) is 12.5. The molecule has 0 aromatic heterocycles. The summed E-state index contributed by atoms with van der Waals surface area (Å²) in [6.45, 7) is 4.29. The Labute approximate surface area is 95.7 Å². The molecule has 0 heterocycles. The van der Waals surface area contributed by atoms with Gasteiger partial charge < -0.3 is 15.7 Å². The molecule has 1 aromatic rings. The van der Waals surface area contributed by atoms with E-state index in [-0.39, 0.29) is 11.7 Å². The molecule has 4 nitrogen and oxygen atoms in total. The minimum Gasteiger partial charge on any atom is -0.508 e. The van der Waals surface area contributed by atoms with Crippen LogP contribution in [0.2, 0.25) is 0 Å². The Hall–Kier alpha value is -1.55. The number of anilines is 1. The lowest BCUT2D eigenvalue weighted by Crippen LogP contribution is -2.43. The summed E-state index contributed by atoms with van der Waals surface area (Å²) in [6, 6.07) is 6.13. The van der Waals surface area contributed by atoms with Crippen molar-refractivity contribution in [3.8, 4) is 5.75 Å². The maximum atomic E-state index is 11.9. The fourth-order valence-electron chi connectivity index (χ4n) is 1.50. The number of amides is 1. The van der Waals surface area contributed by atoms with Crippen molar-refractivity contribution in [3.05, 3.63) is 24.3 Å². The number of phenols is 1. The summed E-state index contributed by atoms with van der Waals surface area (Å²) in [7, 11) is 0. The number of benzene rings is 1. The normalized spacial score (nSPS) is 12.2. The maximum Gasteiger partial charge on any atom is 0.243 e. The molecule has 0 spiro atoms. The van der Waals surface area contributed by atoms with Gasteiger partial charge >= 0.3 is 0 Å². The van der Waals surface area contributed by atoms with E-state index in [1.54, 1.807) is 29.2 Å². The van der Waals surface area contributed by atoms with Gasteiger partial charge in [-0.05, 0) is 25.5 Å². The lowest BCUT2D eigenvalue weighted by molar-refractivity contribution is -0.119. The fourth-order valence-corrected chi connectivity index (χ4v) is 1.50. The van der Waals surface area contributed by atoms with Crippen molar-refractivity contribution >= 4 is 11.6 Å². The first-order valence-corrected chi connectivity index (χ1v) is 5.46. The Balaban J connectivity index is 2.94. The standard InChI is InChI=1S/C12H18N2O2/c1-3-11(13)12(16)14(4-2)9-6-5-7-10(15)8-9/h5-8,11,15H,3-4,13H2,1-2H3/t11-/m0/s1. The zero-order valence-electron chi connectivity index (χ0n) is 9.68. The number of rotatable bonds is 4. The quantitative estimate of drug-likeness (QED) is 0.811. The average Bonchev–Trinajstić information content (AvgIpc) is 2.29. The van der Waals surface area contributed by atoms with Gasteiger partial charge in [0.2, 0.25) is 5.91 Å². The van der Waals surface area contributed by atoms with Gasteiger partial charge in [-0.2, -0.15) is 0 Å². The summed E-state index contributed by atoms with van der Waals surface area (Å²) in [5, 5.41) is 9.37. The van der Waals surface area contributed by atoms with Crippen LogP contribution >= 0.6 is 0 Å². The van der Waals surface area contributed by atoms with Crippen molar-refractivity contribution in [2.24, 2.45) is 5.73 Å². The number of aromatic hydroxyl groups is 1. The number of carbonyl (C=O) groups is 1. The summed E-state index contributed by atoms with van der Waals surface area (Å²) in [6.07, 6.45) is 0.605. The average molecular weight is 222 g/mol. The molecule has 0 aliphatic rings. The summed E-state index contributed by atoms with van der Waals surface area (Å²) >= 11 is 0. The molecule has 88 valence electrons.